The number of fused-ring (bicyclic) bond motifs is 1. The molecule has 0 radical (unpaired) electrons. The third-order valence-electron chi connectivity index (χ3n) is 5.43. The highest BCUT2D eigenvalue weighted by Crippen LogP contribution is 2.17. The van der Waals surface area contributed by atoms with E-state index >= 15 is 0 Å². The van der Waals surface area contributed by atoms with Crippen molar-refractivity contribution in [2.24, 2.45) is 16.6 Å². The predicted octanol–water partition coefficient (Wildman–Crippen LogP) is 4.25. The summed E-state index contributed by atoms with van der Waals surface area (Å²) >= 11 is 0. The number of aliphatic imine (C=N–C) groups is 1. The number of hydrogen-bond donors (Lipinski definition) is 1. The fraction of sp³-hybridized carbons (Fsp3) is 0.364. The normalized spacial score (nSPS) is 15.6. The fourth-order valence-corrected chi connectivity index (χ4v) is 3.59. The molecule has 0 atom stereocenters. The first-order valence-electron chi connectivity index (χ1n) is 9.71. The summed E-state index contributed by atoms with van der Waals surface area (Å²) in [6, 6.07) is 16.8. The number of halogens is 1. The zero-order valence-electron chi connectivity index (χ0n) is 16.3. The standard InChI is InChI=1S/C22H27N5.HI/c1-17-10-12-26(13-11-17)22(23)24-14-18-6-8-19(9-7-18)15-27-16-25-20-4-2-3-5-21(20)27;/h2-9,16-17H,10-15H2,1H3,(H2,23,24);1H. The minimum Gasteiger partial charge on any atom is -0.370 e. The first kappa shape index (κ1) is 20.6. The highest BCUT2D eigenvalue weighted by molar-refractivity contribution is 14.0. The largest absolute Gasteiger partial charge is 0.370 e. The first-order chi connectivity index (χ1) is 13.2. The van der Waals surface area contributed by atoms with Gasteiger partial charge in [-0.15, -0.1) is 24.0 Å². The maximum Gasteiger partial charge on any atom is 0.191 e. The van der Waals surface area contributed by atoms with Gasteiger partial charge in [0, 0.05) is 19.6 Å². The zero-order chi connectivity index (χ0) is 18.6. The number of imidazole rings is 1. The molecule has 0 unspecified atom stereocenters. The molecule has 0 amide bonds. The third-order valence-corrected chi connectivity index (χ3v) is 5.43. The minimum atomic E-state index is 0. The van der Waals surface area contributed by atoms with Crippen molar-refractivity contribution in [1.29, 1.82) is 0 Å². The van der Waals surface area contributed by atoms with E-state index in [0.29, 0.717) is 12.5 Å². The van der Waals surface area contributed by atoms with Gasteiger partial charge in [0.15, 0.2) is 5.96 Å². The fourth-order valence-electron chi connectivity index (χ4n) is 3.59. The summed E-state index contributed by atoms with van der Waals surface area (Å²) in [7, 11) is 0. The second-order valence-electron chi connectivity index (χ2n) is 7.52. The number of piperidine rings is 1. The number of nitrogens with two attached hydrogens (primary N) is 1. The number of para-hydroxylation sites is 2. The van der Waals surface area contributed by atoms with Crippen LogP contribution in [0.4, 0.5) is 0 Å². The molecule has 148 valence electrons. The van der Waals surface area contributed by atoms with Crippen LogP contribution >= 0.6 is 24.0 Å². The van der Waals surface area contributed by atoms with Crippen LogP contribution in [0.3, 0.4) is 0 Å². The van der Waals surface area contributed by atoms with Crippen LogP contribution in [0, 0.1) is 5.92 Å². The lowest BCUT2D eigenvalue weighted by Crippen LogP contribution is -2.42. The van der Waals surface area contributed by atoms with Gasteiger partial charge in [0.25, 0.3) is 0 Å². The van der Waals surface area contributed by atoms with Crippen molar-refractivity contribution in [2.45, 2.75) is 32.9 Å². The Hall–Kier alpha value is -2.09. The van der Waals surface area contributed by atoms with E-state index in [4.69, 9.17) is 5.73 Å². The number of likely N-dealkylation sites (tertiary alicyclic amines) is 1. The maximum atomic E-state index is 6.18. The summed E-state index contributed by atoms with van der Waals surface area (Å²) in [6.07, 6.45) is 4.31. The molecule has 4 rings (SSSR count). The van der Waals surface area contributed by atoms with Crippen LogP contribution in [-0.4, -0.2) is 33.5 Å². The molecule has 1 aromatic heterocycles. The van der Waals surface area contributed by atoms with E-state index < -0.39 is 0 Å². The minimum absolute atomic E-state index is 0. The molecule has 0 saturated carbocycles. The van der Waals surface area contributed by atoms with Crippen LogP contribution in [0.25, 0.3) is 11.0 Å². The second kappa shape index (κ2) is 9.41. The van der Waals surface area contributed by atoms with Crippen molar-refractivity contribution in [3.8, 4) is 0 Å². The summed E-state index contributed by atoms with van der Waals surface area (Å²) < 4.78 is 2.18. The topological polar surface area (TPSA) is 59.4 Å². The molecule has 3 aromatic rings. The van der Waals surface area contributed by atoms with Gasteiger partial charge in [0.05, 0.1) is 23.9 Å². The number of guanidine groups is 1. The zero-order valence-corrected chi connectivity index (χ0v) is 18.6. The van der Waals surface area contributed by atoms with Crippen LogP contribution < -0.4 is 5.73 Å². The molecule has 0 bridgehead atoms. The molecule has 1 aliphatic rings. The van der Waals surface area contributed by atoms with Gasteiger partial charge in [-0.2, -0.15) is 0 Å². The lowest BCUT2D eigenvalue weighted by molar-refractivity contribution is 0.277. The molecule has 28 heavy (non-hydrogen) atoms. The van der Waals surface area contributed by atoms with E-state index in [0.717, 1.165) is 36.6 Å². The molecular formula is C22H28IN5. The molecule has 2 heterocycles. The van der Waals surface area contributed by atoms with Crippen LogP contribution in [0.2, 0.25) is 0 Å². The number of nitrogens with zero attached hydrogens (tertiary/aromatic N) is 4. The van der Waals surface area contributed by atoms with Gasteiger partial charge in [-0.05, 0) is 42.0 Å². The molecule has 6 heteroatoms. The quantitative estimate of drug-likeness (QED) is 0.339. The van der Waals surface area contributed by atoms with E-state index in [-0.39, 0.29) is 24.0 Å². The second-order valence-corrected chi connectivity index (χ2v) is 7.52. The molecular weight excluding hydrogens is 461 g/mol. The van der Waals surface area contributed by atoms with E-state index in [9.17, 15) is 0 Å². The summed E-state index contributed by atoms with van der Waals surface area (Å²) in [5, 5.41) is 0. The Labute approximate surface area is 183 Å². The summed E-state index contributed by atoms with van der Waals surface area (Å²) in [5.74, 6) is 1.48. The number of benzene rings is 2. The van der Waals surface area contributed by atoms with E-state index in [1.54, 1.807) is 0 Å². The van der Waals surface area contributed by atoms with Crippen LogP contribution in [0.1, 0.15) is 30.9 Å². The Morgan fingerprint density at radius 1 is 1.07 bits per heavy atom. The number of hydrogen-bond acceptors (Lipinski definition) is 2. The van der Waals surface area contributed by atoms with Crippen molar-refractivity contribution < 1.29 is 0 Å². The van der Waals surface area contributed by atoms with Gasteiger partial charge in [-0.3, -0.25) is 0 Å². The number of rotatable bonds is 4. The molecule has 1 fully saturated rings. The molecule has 2 N–H and O–H groups in total. The summed E-state index contributed by atoms with van der Waals surface area (Å²) in [5.41, 5.74) is 10.8. The van der Waals surface area contributed by atoms with Crippen molar-refractivity contribution >= 4 is 41.0 Å². The maximum absolute atomic E-state index is 6.18. The highest BCUT2D eigenvalue weighted by atomic mass is 127. The molecule has 1 saturated heterocycles. The van der Waals surface area contributed by atoms with Gasteiger partial charge in [0.2, 0.25) is 0 Å². The summed E-state index contributed by atoms with van der Waals surface area (Å²) in [6.45, 7) is 5.80. The molecule has 0 spiro atoms. The van der Waals surface area contributed by atoms with Crippen molar-refractivity contribution in [3.05, 3.63) is 66.0 Å². The van der Waals surface area contributed by atoms with Gasteiger partial charge in [0.1, 0.15) is 0 Å². The Morgan fingerprint density at radius 2 is 1.75 bits per heavy atom. The molecule has 5 nitrogen and oxygen atoms in total. The molecule has 0 aliphatic carbocycles. The van der Waals surface area contributed by atoms with Crippen LogP contribution in [0.15, 0.2) is 59.9 Å². The van der Waals surface area contributed by atoms with E-state index in [2.05, 4.69) is 62.8 Å². The van der Waals surface area contributed by atoms with E-state index in [1.807, 2.05) is 18.5 Å². The Bertz CT molecular complexity index is 924. The summed E-state index contributed by atoms with van der Waals surface area (Å²) in [4.78, 5) is 11.3. The van der Waals surface area contributed by atoms with Gasteiger partial charge in [-0.25, -0.2) is 9.98 Å². The molecule has 1 aliphatic heterocycles. The van der Waals surface area contributed by atoms with Crippen LogP contribution in [0.5, 0.6) is 0 Å². The SMILES string of the molecule is CC1CCN(C(N)=NCc2ccc(Cn3cnc4ccccc43)cc2)CC1.I. The molecule has 2 aromatic carbocycles. The number of aromatic nitrogens is 2. The Kier molecular flexibility index (Phi) is 6.93. The average Bonchev–Trinajstić information content (AvgIpc) is 3.11. The smallest absolute Gasteiger partial charge is 0.191 e. The van der Waals surface area contributed by atoms with E-state index in [1.165, 1.54) is 24.0 Å². The average molecular weight is 489 g/mol. The predicted molar refractivity (Wildman–Crippen MR) is 126 cm³/mol. The van der Waals surface area contributed by atoms with Crippen molar-refractivity contribution in [1.82, 2.24) is 14.5 Å². The first-order valence-corrected chi connectivity index (χ1v) is 9.71. The highest BCUT2D eigenvalue weighted by Gasteiger charge is 2.16. The van der Waals surface area contributed by atoms with Crippen LogP contribution in [-0.2, 0) is 13.1 Å². The third kappa shape index (κ3) is 4.84. The lowest BCUT2D eigenvalue weighted by Gasteiger charge is -2.31. The van der Waals surface area contributed by atoms with Gasteiger partial charge >= 0.3 is 0 Å². The Balaban J connectivity index is 0.00000225. The monoisotopic (exact) mass is 489 g/mol. The lowest BCUT2D eigenvalue weighted by atomic mass is 10.00. The van der Waals surface area contributed by atoms with Gasteiger partial charge in [-0.1, -0.05) is 43.3 Å². The van der Waals surface area contributed by atoms with Crippen molar-refractivity contribution in [3.63, 3.8) is 0 Å². The van der Waals surface area contributed by atoms with Gasteiger partial charge < -0.3 is 15.2 Å². The van der Waals surface area contributed by atoms with Crippen molar-refractivity contribution in [2.75, 3.05) is 13.1 Å². The Morgan fingerprint density at radius 3 is 2.50 bits per heavy atom.